The number of hydrogen-bond donors (Lipinski definition) is 0. The zero-order valence-corrected chi connectivity index (χ0v) is 16.0. The molecule has 2 aromatic heterocycles. The van der Waals surface area contributed by atoms with Gasteiger partial charge in [-0.15, -0.1) is 0 Å². The molecule has 142 valence electrons. The second-order valence-corrected chi connectivity index (χ2v) is 7.66. The summed E-state index contributed by atoms with van der Waals surface area (Å²) in [6.45, 7) is 0.517. The second-order valence-electron chi connectivity index (χ2n) is 7.66. The highest BCUT2D eigenvalue weighted by Gasteiger charge is 2.21. The summed E-state index contributed by atoms with van der Waals surface area (Å²) >= 11 is 0. The molecule has 1 aliphatic heterocycles. The van der Waals surface area contributed by atoms with Crippen LogP contribution < -0.4 is 4.74 Å². The Morgan fingerprint density at radius 1 is 0.733 bits per heavy atom. The van der Waals surface area contributed by atoms with Gasteiger partial charge in [0.05, 0.1) is 16.7 Å². The number of furan rings is 1. The van der Waals surface area contributed by atoms with Gasteiger partial charge in [-0.2, -0.15) is 4.98 Å². The van der Waals surface area contributed by atoms with E-state index in [-0.39, 0.29) is 0 Å². The lowest BCUT2D eigenvalue weighted by atomic mass is 9.99. The maximum absolute atomic E-state index is 5.98. The van der Waals surface area contributed by atoms with Gasteiger partial charge in [0.1, 0.15) is 17.8 Å². The predicted molar refractivity (Wildman–Crippen MR) is 118 cm³/mol. The number of para-hydroxylation sites is 3. The fourth-order valence-electron chi connectivity index (χ4n) is 4.48. The quantitative estimate of drug-likeness (QED) is 0.323. The molecule has 0 aliphatic carbocycles. The van der Waals surface area contributed by atoms with E-state index in [1.54, 1.807) is 0 Å². The molecule has 1 aliphatic rings. The zero-order chi connectivity index (χ0) is 19.7. The maximum atomic E-state index is 5.98. The Kier molecular flexibility index (Phi) is 3.03. The standard InChI is InChI=1S/C26H16N2O2/c1-4-8-24-19(5-1)20-14-17(10-12-25(20)30-24)16-9-11-22-18(13-16)15-29-26-27-21-6-2-3-7-23(21)28(22)26/h1-14H,15H2. The summed E-state index contributed by atoms with van der Waals surface area (Å²) in [4.78, 5) is 4.62. The molecule has 4 heteroatoms. The maximum Gasteiger partial charge on any atom is 0.302 e. The highest BCUT2D eigenvalue weighted by molar-refractivity contribution is 6.06. The van der Waals surface area contributed by atoms with E-state index >= 15 is 0 Å². The molecule has 0 saturated carbocycles. The van der Waals surface area contributed by atoms with Crippen molar-refractivity contribution >= 4 is 33.0 Å². The molecule has 6 aromatic rings. The molecule has 0 amide bonds. The van der Waals surface area contributed by atoms with Crippen molar-refractivity contribution in [1.82, 2.24) is 9.55 Å². The van der Waals surface area contributed by atoms with Crippen molar-refractivity contribution in [3.63, 3.8) is 0 Å². The Balaban J connectivity index is 1.40. The third kappa shape index (κ3) is 2.13. The summed E-state index contributed by atoms with van der Waals surface area (Å²) in [6, 6.07) is 29.9. The van der Waals surface area contributed by atoms with Crippen molar-refractivity contribution in [2.75, 3.05) is 0 Å². The minimum atomic E-state index is 0.517. The number of rotatable bonds is 1. The highest BCUT2D eigenvalue weighted by Crippen LogP contribution is 2.36. The van der Waals surface area contributed by atoms with Crippen molar-refractivity contribution in [2.24, 2.45) is 0 Å². The van der Waals surface area contributed by atoms with Crippen molar-refractivity contribution in [3.8, 4) is 22.8 Å². The summed E-state index contributed by atoms with van der Waals surface area (Å²) in [5.41, 5.74) is 8.45. The molecule has 0 spiro atoms. The van der Waals surface area contributed by atoms with Gasteiger partial charge < -0.3 is 9.15 Å². The van der Waals surface area contributed by atoms with E-state index in [0.717, 1.165) is 55.3 Å². The van der Waals surface area contributed by atoms with Crippen molar-refractivity contribution in [2.45, 2.75) is 6.61 Å². The average molecular weight is 388 g/mol. The molecule has 0 saturated heterocycles. The summed E-state index contributed by atoms with van der Waals surface area (Å²) in [6.07, 6.45) is 0. The molecule has 0 bridgehead atoms. The number of ether oxygens (including phenoxy) is 1. The first-order valence-corrected chi connectivity index (χ1v) is 10.0. The summed E-state index contributed by atoms with van der Waals surface area (Å²) in [5.74, 6) is 0. The minimum Gasteiger partial charge on any atom is -0.459 e. The Bertz CT molecular complexity index is 1610. The van der Waals surface area contributed by atoms with Crippen molar-refractivity contribution in [3.05, 3.63) is 90.5 Å². The molecule has 3 heterocycles. The first kappa shape index (κ1) is 15.8. The van der Waals surface area contributed by atoms with Gasteiger partial charge in [0.15, 0.2) is 0 Å². The molecular weight excluding hydrogens is 372 g/mol. The largest absolute Gasteiger partial charge is 0.459 e. The van der Waals surface area contributed by atoms with Crippen molar-refractivity contribution < 1.29 is 9.15 Å². The zero-order valence-electron chi connectivity index (χ0n) is 16.0. The number of hydrogen-bond acceptors (Lipinski definition) is 3. The number of fused-ring (bicyclic) bond motifs is 8. The molecule has 4 nitrogen and oxygen atoms in total. The smallest absolute Gasteiger partial charge is 0.302 e. The van der Waals surface area contributed by atoms with E-state index in [0.29, 0.717) is 12.6 Å². The Labute approximate surface area is 171 Å². The lowest BCUT2D eigenvalue weighted by molar-refractivity contribution is 0.266. The Morgan fingerprint density at radius 3 is 2.53 bits per heavy atom. The number of imidazole rings is 1. The average Bonchev–Trinajstić information content (AvgIpc) is 3.36. The molecule has 0 N–H and O–H groups in total. The Morgan fingerprint density at radius 2 is 1.53 bits per heavy atom. The van der Waals surface area contributed by atoms with Gasteiger partial charge in [-0.1, -0.05) is 42.5 Å². The molecule has 0 fully saturated rings. The van der Waals surface area contributed by atoms with Crippen LogP contribution in [0.3, 0.4) is 0 Å². The number of nitrogens with zero attached hydrogens (tertiary/aromatic N) is 2. The lowest BCUT2D eigenvalue weighted by Gasteiger charge is -2.20. The highest BCUT2D eigenvalue weighted by atomic mass is 16.5. The predicted octanol–water partition coefficient (Wildman–Crippen LogP) is 6.48. The fourth-order valence-corrected chi connectivity index (χ4v) is 4.48. The molecule has 0 unspecified atom stereocenters. The summed E-state index contributed by atoms with van der Waals surface area (Å²) in [7, 11) is 0. The number of benzene rings is 4. The Hall–Kier alpha value is -4.05. The monoisotopic (exact) mass is 388 g/mol. The van der Waals surface area contributed by atoms with Crippen LogP contribution in [0.4, 0.5) is 0 Å². The SMILES string of the molecule is c1ccc2c(c1)nc1n2-c2ccc(-c3ccc4oc5ccccc5c4c3)cc2CO1. The van der Waals surface area contributed by atoms with Crippen LogP contribution in [0.15, 0.2) is 89.3 Å². The molecule has 4 aromatic carbocycles. The summed E-state index contributed by atoms with van der Waals surface area (Å²) in [5, 5.41) is 2.28. The van der Waals surface area contributed by atoms with Gasteiger partial charge >= 0.3 is 6.01 Å². The van der Waals surface area contributed by atoms with Gasteiger partial charge in [-0.3, -0.25) is 4.57 Å². The molecule has 7 rings (SSSR count). The van der Waals surface area contributed by atoms with Crippen LogP contribution in [-0.4, -0.2) is 9.55 Å². The lowest BCUT2D eigenvalue weighted by Crippen LogP contribution is -2.12. The van der Waals surface area contributed by atoms with E-state index in [9.17, 15) is 0 Å². The van der Waals surface area contributed by atoms with Crippen LogP contribution >= 0.6 is 0 Å². The summed E-state index contributed by atoms with van der Waals surface area (Å²) < 4.78 is 14.1. The van der Waals surface area contributed by atoms with E-state index in [4.69, 9.17) is 9.15 Å². The van der Waals surface area contributed by atoms with Crippen LogP contribution in [0.2, 0.25) is 0 Å². The van der Waals surface area contributed by atoms with Crippen molar-refractivity contribution in [1.29, 1.82) is 0 Å². The van der Waals surface area contributed by atoms with E-state index in [1.165, 1.54) is 0 Å². The number of aromatic nitrogens is 2. The van der Waals surface area contributed by atoms with Gasteiger partial charge in [-0.05, 0) is 53.6 Å². The molecular formula is C26H16N2O2. The van der Waals surface area contributed by atoms with Gasteiger partial charge in [0.25, 0.3) is 0 Å². The third-order valence-corrected chi connectivity index (χ3v) is 5.92. The van der Waals surface area contributed by atoms with Crippen LogP contribution in [0.5, 0.6) is 6.01 Å². The first-order valence-electron chi connectivity index (χ1n) is 10.0. The molecule has 0 radical (unpaired) electrons. The normalized spacial score (nSPS) is 12.8. The second kappa shape index (κ2) is 5.74. The van der Waals surface area contributed by atoms with E-state index in [1.807, 2.05) is 36.4 Å². The molecule has 30 heavy (non-hydrogen) atoms. The third-order valence-electron chi connectivity index (χ3n) is 5.92. The van der Waals surface area contributed by atoms with Crippen LogP contribution in [0, 0.1) is 0 Å². The van der Waals surface area contributed by atoms with Crippen LogP contribution in [0.25, 0.3) is 49.8 Å². The molecule has 0 atom stereocenters. The topological polar surface area (TPSA) is 40.2 Å². The van der Waals surface area contributed by atoms with Gasteiger partial charge in [0.2, 0.25) is 0 Å². The van der Waals surface area contributed by atoms with Crippen LogP contribution in [-0.2, 0) is 6.61 Å². The van der Waals surface area contributed by atoms with Crippen LogP contribution in [0.1, 0.15) is 5.56 Å². The van der Waals surface area contributed by atoms with E-state index < -0.39 is 0 Å². The fraction of sp³-hybridized carbons (Fsp3) is 0.0385. The first-order chi connectivity index (χ1) is 14.8. The minimum absolute atomic E-state index is 0.517. The van der Waals surface area contributed by atoms with Gasteiger partial charge in [-0.25, -0.2) is 0 Å². The van der Waals surface area contributed by atoms with Gasteiger partial charge in [0, 0.05) is 16.3 Å². The van der Waals surface area contributed by atoms with E-state index in [2.05, 4.69) is 58.1 Å².